The molecule has 0 aliphatic heterocycles. The number of nitrogen functional groups attached to an aromatic ring is 1. The molecule has 1 aliphatic carbocycles. The molecule has 1 aromatic carbocycles. The van der Waals surface area contributed by atoms with E-state index in [0.717, 1.165) is 18.4 Å². The number of carbonyl (C=O) groups excluding carboxylic acids is 1. The molecule has 0 bridgehead atoms. The van der Waals surface area contributed by atoms with E-state index in [4.69, 9.17) is 14.9 Å². The minimum atomic E-state index is -0.621. The van der Waals surface area contributed by atoms with Crippen LogP contribution >= 0.6 is 0 Å². The van der Waals surface area contributed by atoms with E-state index < -0.39 is 5.97 Å². The SMILES string of the molecule is CCOC(=O)c1cc2c(=O)c3cc(C#CC4CCC4)ccc3oc2nc1N. The molecule has 0 saturated heterocycles. The molecule has 0 unspecified atom stereocenters. The Bertz CT molecular complexity index is 1180. The number of esters is 1. The molecule has 27 heavy (non-hydrogen) atoms. The summed E-state index contributed by atoms with van der Waals surface area (Å²) in [6.07, 6.45) is 3.50. The highest BCUT2D eigenvalue weighted by Crippen LogP contribution is 2.26. The predicted octanol–water partition coefficient (Wildman–Crippen LogP) is 3.25. The zero-order valence-electron chi connectivity index (χ0n) is 14.9. The molecule has 4 rings (SSSR count). The van der Waals surface area contributed by atoms with Crippen molar-refractivity contribution in [3.8, 4) is 11.8 Å². The Morgan fingerprint density at radius 2 is 2.15 bits per heavy atom. The van der Waals surface area contributed by atoms with Crippen LogP contribution in [0.3, 0.4) is 0 Å². The Kier molecular flexibility index (Phi) is 4.28. The number of rotatable bonds is 2. The minimum Gasteiger partial charge on any atom is -0.462 e. The number of hydrogen-bond donors (Lipinski definition) is 1. The van der Waals surface area contributed by atoms with Crippen LogP contribution in [-0.2, 0) is 4.74 Å². The van der Waals surface area contributed by atoms with Gasteiger partial charge < -0.3 is 14.9 Å². The van der Waals surface area contributed by atoms with E-state index in [0.29, 0.717) is 16.9 Å². The van der Waals surface area contributed by atoms with Crippen molar-refractivity contribution in [2.24, 2.45) is 5.92 Å². The van der Waals surface area contributed by atoms with Crippen LogP contribution in [0.4, 0.5) is 5.82 Å². The summed E-state index contributed by atoms with van der Waals surface area (Å²) in [6.45, 7) is 1.89. The fourth-order valence-electron chi connectivity index (χ4n) is 2.98. The molecule has 1 aliphatic rings. The second kappa shape index (κ2) is 6.76. The van der Waals surface area contributed by atoms with Gasteiger partial charge in [-0.15, -0.1) is 0 Å². The maximum atomic E-state index is 12.9. The summed E-state index contributed by atoms with van der Waals surface area (Å²) < 4.78 is 10.7. The molecule has 1 fully saturated rings. The highest BCUT2D eigenvalue weighted by atomic mass is 16.5. The number of aromatic nitrogens is 1. The zero-order valence-corrected chi connectivity index (χ0v) is 14.9. The van der Waals surface area contributed by atoms with E-state index in [1.165, 1.54) is 12.5 Å². The van der Waals surface area contributed by atoms with Gasteiger partial charge in [0.1, 0.15) is 17.0 Å². The lowest BCUT2D eigenvalue weighted by Gasteiger charge is -2.18. The number of benzene rings is 1. The third kappa shape index (κ3) is 3.13. The normalized spacial score (nSPS) is 13.8. The van der Waals surface area contributed by atoms with E-state index in [1.807, 2.05) is 6.07 Å². The van der Waals surface area contributed by atoms with Crippen molar-refractivity contribution in [2.75, 3.05) is 12.3 Å². The molecule has 0 atom stereocenters. The summed E-state index contributed by atoms with van der Waals surface area (Å²) in [5.74, 6) is 6.15. The first-order valence-electron chi connectivity index (χ1n) is 8.92. The first-order valence-corrected chi connectivity index (χ1v) is 8.92. The highest BCUT2D eigenvalue weighted by molar-refractivity contribution is 5.99. The van der Waals surface area contributed by atoms with Crippen LogP contribution in [0.2, 0.25) is 0 Å². The maximum Gasteiger partial charge on any atom is 0.341 e. The van der Waals surface area contributed by atoms with Gasteiger partial charge in [-0.1, -0.05) is 18.3 Å². The van der Waals surface area contributed by atoms with E-state index in [9.17, 15) is 9.59 Å². The molecule has 0 radical (unpaired) electrons. The van der Waals surface area contributed by atoms with Crippen LogP contribution < -0.4 is 11.2 Å². The average Bonchev–Trinajstić information content (AvgIpc) is 2.61. The van der Waals surface area contributed by atoms with Gasteiger partial charge in [0, 0.05) is 11.5 Å². The number of carbonyl (C=O) groups is 1. The molecular formula is C21H18N2O4. The Morgan fingerprint density at radius 3 is 2.85 bits per heavy atom. The molecule has 2 heterocycles. The summed E-state index contributed by atoms with van der Waals surface area (Å²) in [5.41, 5.74) is 6.85. The second-order valence-electron chi connectivity index (χ2n) is 6.53. The quantitative estimate of drug-likeness (QED) is 0.427. The van der Waals surface area contributed by atoms with Gasteiger partial charge in [0.15, 0.2) is 0 Å². The minimum absolute atomic E-state index is 0.0357. The van der Waals surface area contributed by atoms with Crippen molar-refractivity contribution in [2.45, 2.75) is 26.2 Å². The number of anilines is 1. The number of hydrogen-bond acceptors (Lipinski definition) is 6. The van der Waals surface area contributed by atoms with Crippen LogP contribution in [0, 0.1) is 17.8 Å². The molecule has 1 saturated carbocycles. The van der Waals surface area contributed by atoms with Gasteiger partial charge >= 0.3 is 5.97 Å². The van der Waals surface area contributed by atoms with Crippen molar-refractivity contribution in [3.63, 3.8) is 0 Å². The van der Waals surface area contributed by atoms with Gasteiger partial charge in [-0.2, -0.15) is 4.98 Å². The molecule has 136 valence electrons. The summed E-state index contributed by atoms with van der Waals surface area (Å²) in [4.78, 5) is 29.0. The number of fused-ring (bicyclic) bond motifs is 2. The van der Waals surface area contributed by atoms with Crippen molar-refractivity contribution in [1.29, 1.82) is 0 Å². The monoisotopic (exact) mass is 362 g/mol. The number of nitrogens with two attached hydrogens (primary N) is 1. The Labute approximate surface area is 155 Å². The van der Waals surface area contributed by atoms with Crippen molar-refractivity contribution in [1.82, 2.24) is 4.98 Å². The third-order valence-electron chi connectivity index (χ3n) is 4.71. The Balaban J connectivity index is 1.86. The van der Waals surface area contributed by atoms with Gasteiger partial charge in [0.2, 0.25) is 11.1 Å². The molecule has 3 aromatic rings. The molecule has 2 aromatic heterocycles. The van der Waals surface area contributed by atoms with Crippen molar-refractivity contribution >= 4 is 33.9 Å². The lowest BCUT2D eigenvalue weighted by atomic mass is 9.86. The van der Waals surface area contributed by atoms with Crippen LogP contribution in [0.1, 0.15) is 42.1 Å². The number of ether oxygens (including phenoxy) is 1. The van der Waals surface area contributed by atoms with E-state index in [2.05, 4.69) is 16.8 Å². The molecule has 2 N–H and O–H groups in total. The third-order valence-corrected chi connectivity index (χ3v) is 4.71. The smallest absolute Gasteiger partial charge is 0.341 e. The van der Waals surface area contributed by atoms with Gasteiger partial charge in [-0.05, 0) is 44.0 Å². The lowest BCUT2D eigenvalue weighted by Crippen LogP contribution is -2.12. The van der Waals surface area contributed by atoms with E-state index in [1.54, 1.807) is 19.1 Å². The molecular weight excluding hydrogens is 344 g/mol. The fourth-order valence-corrected chi connectivity index (χ4v) is 2.98. The highest BCUT2D eigenvalue weighted by Gasteiger charge is 2.18. The van der Waals surface area contributed by atoms with E-state index in [-0.39, 0.29) is 34.5 Å². The first-order chi connectivity index (χ1) is 13.1. The van der Waals surface area contributed by atoms with Crippen molar-refractivity contribution < 1.29 is 13.9 Å². The standard InChI is InChI=1S/C21H18N2O4/c1-2-26-21(25)16-11-15-18(24)14-10-13(7-6-12-4-3-5-12)8-9-17(14)27-20(15)23-19(16)22/h8-12H,2-5H2,1H3,(H2,22,23). The van der Waals surface area contributed by atoms with Gasteiger partial charge in [0.05, 0.1) is 17.4 Å². The van der Waals surface area contributed by atoms with Gasteiger partial charge in [-0.25, -0.2) is 4.79 Å². The Morgan fingerprint density at radius 1 is 1.33 bits per heavy atom. The maximum absolute atomic E-state index is 12.9. The first kappa shape index (κ1) is 17.1. The number of nitrogens with zero attached hydrogens (tertiary/aromatic N) is 1. The topological polar surface area (TPSA) is 95.4 Å². The van der Waals surface area contributed by atoms with Gasteiger partial charge in [-0.3, -0.25) is 4.79 Å². The van der Waals surface area contributed by atoms with Crippen LogP contribution in [0.15, 0.2) is 33.5 Å². The fraction of sp³-hybridized carbons (Fsp3) is 0.286. The van der Waals surface area contributed by atoms with Crippen LogP contribution in [-0.4, -0.2) is 17.6 Å². The summed E-state index contributed by atoms with van der Waals surface area (Å²) in [7, 11) is 0. The Hall–Kier alpha value is -3.33. The summed E-state index contributed by atoms with van der Waals surface area (Å²) in [5, 5.41) is 0.577. The lowest BCUT2D eigenvalue weighted by molar-refractivity contribution is 0.0527. The molecule has 0 spiro atoms. The van der Waals surface area contributed by atoms with E-state index >= 15 is 0 Å². The second-order valence-corrected chi connectivity index (χ2v) is 6.53. The largest absolute Gasteiger partial charge is 0.462 e. The molecule has 6 nitrogen and oxygen atoms in total. The van der Waals surface area contributed by atoms with Gasteiger partial charge in [0.25, 0.3) is 0 Å². The summed E-state index contributed by atoms with van der Waals surface area (Å²) >= 11 is 0. The van der Waals surface area contributed by atoms with Crippen LogP contribution in [0.25, 0.3) is 22.1 Å². The zero-order chi connectivity index (χ0) is 19.0. The predicted molar refractivity (Wildman–Crippen MR) is 102 cm³/mol. The molecule has 6 heteroatoms. The van der Waals surface area contributed by atoms with Crippen molar-refractivity contribution in [3.05, 3.63) is 45.6 Å². The summed E-state index contributed by atoms with van der Waals surface area (Å²) in [6, 6.07) is 6.62. The number of pyridine rings is 1. The average molecular weight is 362 g/mol. The molecule has 0 amide bonds. The van der Waals surface area contributed by atoms with Crippen LogP contribution in [0.5, 0.6) is 0 Å².